The van der Waals surface area contributed by atoms with Crippen molar-refractivity contribution in [3.63, 3.8) is 0 Å². The molecule has 472 valence electrons. The van der Waals surface area contributed by atoms with Crippen molar-refractivity contribution in [3.05, 3.63) is 36.4 Å². The standard InChI is InChI=1S/C54H88N18O12S/c1-31(2)28-38(69-85(83,84)42-22-9-14-33-34(42)15-8-19-39(33)70(4)5)52(82)72-27-13-21-41(72)50(80)66-36(16-6-7-23-55)48(78)68-45(32(3)73)51(81)64-29-43(74)63-30-44(75)71-26-12-20-40(71)49(79)67-37(18-11-25-62-54(59)60)47(77)65-35(46(56)76)17-10-24-61-53(57)58/h8-9,14-15,19,22,31-32,35-38,40-41,45,69,73H,6-7,10-13,16-18,20-21,23-30,55H2,1-5H3,(H2,56,76)(H,63,74)(H,64,81)(H,65,77)(H,66,80)(H,67,79)(H,68,78)(H4,57,58,61)(H4,59,60,62)/t32-,35+,36+,37+,38+,40+,41+,45+/m1/s1. The van der Waals surface area contributed by atoms with Crippen LogP contribution in [0.15, 0.2) is 51.3 Å². The van der Waals surface area contributed by atoms with Gasteiger partial charge in [0, 0.05) is 56.7 Å². The zero-order chi connectivity index (χ0) is 63.1. The van der Waals surface area contributed by atoms with Gasteiger partial charge in [-0.3, -0.25) is 53.1 Å². The molecule has 4 rings (SSSR count). The van der Waals surface area contributed by atoms with Crippen molar-refractivity contribution in [1.82, 2.24) is 46.4 Å². The van der Waals surface area contributed by atoms with Gasteiger partial charge in [-0.25, -0.2) is 8.42 Å². The Morgan fingerprint density at radius 3 is 1.75 bits per heavy atom. The lowest BCUT2D eigenvalue weighted by atomic mass is 10.0. The Hall–Kier alpha value is -7.90. The van der Waals surface area contributed by atoms with Crippen LogP contribution in [-0.4, -0.2) is 197 Å². The summed E-state index contributed by atoms with van der Waals surface area (Å²) in [4.78, 5) is 134. The lowest BCUT2D eigenvalue weighted by Gasteiger charge is -2.31. The van der Waals surface area contributed by atoms with Gasteiger partial charge in [-0.05, 0) is 109 Å². The molecule has 2 saturated heterocycles. The summed E-state index contributed by atoms with van der Waals surface area (Å²) in [5, 5.41) is 27.0. The molecule has 2 fully saturated rings. The first-order valence-corrected chi connectivity index (χ1v) is 30.0. The van der Waals surface area contributed by atoms with E-state index in [0.717, 1.165) is 5.69 Å². The molecule has 0 saturated carbocycles. The molecule has 0 aromatic heterocycles. The molecule has 0 spiro atoms. The minimum Gasteiger partial charge on any atom is -0.391 e. The third-order valence-corrected chi connectivity index (χ3v) is 15.9. The number of anilines is 1. The van der Waals surface area contributed by atoms with Crippen LogP contribution in [0.2, 0.25) is 0 Å². The summed E-state index contributed by atoms with van der Waals surface area (Å²) in [7, 11) is -0.621. The van der Waals surface area contributed by atoms with Crippen molar-refractivity contribution in [2.45, 2.75) is 151 Å². The van der Waals surface area contributed by atoms with Crippen LogP contribution in [0.4, 0.5) is 5.69 Å². The maximum absolute atomic E-state index is 14.4. The molecule has 85 heavy (non-hydrogen) atoms. The molecule has 0 radical (unpaired) electrons. The fraction of sp³-hybridized carbons (Fsp3) is 0.611. The number of benzene rings is 2. The predicted octanol–water partition coefficient (Wildman–Crippen LogP) is -4.15. The van der Waals surface area contributed by atoms with Crippen LogP contribution in [0, 0.1) is 5.92 Å². The SMILES string of the molecule is CC(C)C[C@H](NS(=O)(=O)c1cccc2c(N(C)C)cccc12)C(=O)N1CCC[C@H]1C(=O)N[C@@H](CCCCN)C(=O)N[C@H](C(=O)NCC(=O)NCC(=O)N1CCC[C@H]1C(=O)N[C@@H](CCCN=C(N)N)C(=O)N[C@@H](CCCN=C(N)N)C(N)=O)[C@@H](C)O. The maximum atomic E-state index is 14.4. The average molecular weight is 1210 g/mol. The molecular formula is C54H88N18O12S. The number of sulfonamides is 1. The Morgan fingerprint density at radius 2 is 1.20 bits per heavy atom. The number of primary amides is 1. The molecule has 2 aliphatic heterocycles. The number of carbonyl (C=O) groups excluding carboxylic acids is 9. The van der Waals surface area contributed by atoms with Crippen molar-refractivity contribution in [2.24, 2.45) is 50.3 Å². The highest BCUT2D eigenvalue weighted by Gasteiger charge is 2.41. The molecule has 2 heterocycles. The Morgan fingerprint density at radius 1 is 0.659 bits per heavy atom. The molecule has 20 N–H and O–H groups in total. The monoisotopic (exact) mass is 1210 g/mol. The van der Waals surface area contributed by atoms with Gasteiger partial charge in [-0.2, -0.15) is 4.72 Å². The molecule has 2 aromatic carbocycles. The number of aliphatic hydroxyl groups is 1. The van der Waals surface area contributed by atoms with Gasteiger partial charge in [0.05, 0.1) is 24.1 Å². The van der Waals surface area contributed by atoms with Crippen molar-refractivity contribution < 1.29 is 56.7 Å². The Bertz CT molecular complexity index is 2850. The van der Waals surface area contributed by atoms with E-state index < -0.39 is 125 Å². The van der Waals surface area contributed by atoms with Gasteiger partial charge in [0.1, 0.15) is 42.3 Å². The Kier molecular flexibility index (Phi) is 27.5. The van der Waals surface area contributed by atoms with Crippen LogP contribution in [-0.2, 0) is 53.2 Å². The van der Waals surface area contributed by atoms with E-state index in [-0.39, 0.29) is 107 Å². The molecule has 2 aliphatic rings. The number of nitrogens with zero attached hydrogens (tertiary/aromatic N) is 5. The number of nitrogens with one attached hydrogen (secondary N) is 7. The number of aliphatic hydroxyl groups excluding tert-OH is 1. The van der Waals surface area contributed by atoms with E-state index in [1.807, 2.05) is 45.0 Å². The van der Waals surface area contributed by atoms with E-state index in [1.54, 1.807) is 18.2 Å². The van der Waals surface area contributed by atoms with Gasteiger partial charge in [0.2, 0.25) is 63.2 Å². The normalized spacial score (nSPS) is 17.1. The van der Waals surface area contributed by atoms with Gasteiger partial charge in [-0.15, -0.1) is 0 Å². The number of aliphatic imine (C=N–C) groups is 2. The van der Waals surface area contributed by atoms with E-state index in [4.69, 9.17) is 34.4 Å². The van der Waals surface area contributed by atoms with Gasteiger partial charge < -0.3 is 86.1 Å². The molecule has 0 unspecified atom stereocenters. The largest absolute Gasteiger partial charge is 0.391 e. The number of carbonyl (C=O) groups is 9. The minimum absolute atomic E-state index is 0.0192. The van der Waals surface area contributed by atoms with Gasteiger partial charge in [-0.1, -0.05) is 38.1 Å². The second kappa shape index (κ2) is 33.6. The summed E-state index contributed by atoms with van der Waals surface area (Å²) in [5.41, 5.74) is 33.7. The first-order valence-electron chi connectivity index (χ1n) is 28.5. The number of likely N-dealkylation sites (tertiary alicyclic amines) is 2. The van der Waals surface area contributed by atoms with Crippen LogP contribution in [0.5, 0.6) is 0 Å². The van der Waals surface area contributed by atoms with Crippen LogP contribution in [0.25, 0.3) is 10.8 Å². The second-order valence-corrected chi connectivity index (χ2v) is 23.4. The minimum atomic E-state index is -4.31. The van der Waals surface area contributed by atoms with E-state index >= 15 is 0 Å². The molecule has 31 heteroatoms. The fourth-order valence-corrected chi connectivity index (χ4v) is 11.5. The van der Waals surface area contributed by atoms with Crippen LogP contribution in [0.1, 0.15) is 97.8 Å². The molecule has 0 aliphatic carbocycles. The molecule has 30 nitrogen and oxygen atoms in total. The quantitative estimate of drug-likeness (QED) is 0.0180. The van der Waals surface area contributed by atoms with E-state index in [1.165, 1.54) is 22.8 Å². The average Bonchev–Trinajstić information content (AvgIpc) is 4.20. The Labute approximate surface area is 495 Å². The lowest BCUT2D eigenvalue weighted by Crippen LogP contribution is -2.60. The fourth-order valence-electron chi connectivity index (χ4n) is 10.1. The summed E-state index contributed by atoms with van der Waals surface area (Å²) >= 11 is 0. The van der Waals surface area contributed by atoms with Crippen molar-refractivity contribution in [1.29, 1.82) is 0 Å². The number of hydrogen-bond donors (Lipinski definition) is 14. The number of amides is 9. The van der Waals surface area contributed by atoms with E-state index in [0.29, 0.717) is 36.5 Å². The smallest absolute Gasteiger partial charge is 0.245 e. The first-order chi connectivity index (χ1) is 40.2. The first kappa shape index (κ1) is 69.6. The Balaban J connectivity index is 1.38. The predicted molar refractivity (Wildman–Crippen MR) is 319 cm³/mol. The third-order valence-electron chi connectivity index (χ3n) is 14.3. The summed E-state index contributed by atoms with van der Waals surface area (Å²) in [5.74, 6) is -7.47. The number of guanidine groups is 2. The van der Waals surface area contributed by atoms with Gasteiger partial charge in [0.15, 0.2) is 11.9 Å². The molecule has 8 atom stereocenters. The number of rotatable bonds is 34. The van der Waals surface area contributed by atoms with Crippen molar-refractivity contribution >= 4 is 91.6 Å². The van der Waals surface area contributed by atoms with Gasteiger partial charge in [0.25, 0.3) is 0 Å². The zero-order valence-corrected chi connectivity index (χ0v) is 50.0. The summed E-state index contributed by atoms with van der Waals surface area (Å²) in [6.07, 6.45) is 1.23. The van der Waals surface area contributed by atoms with E-state index in [2.05, 4.69) is 46.6 Å². The number of fused-ring (bicyclic) bond motifs is 1. The molecule has 9 amide bonds. The lowest BCUT2D eigenvalue weighted by molar-refractivity contribution is -0.141. The summed E-state index contributed by atoms with van der Waals surface area (Å²) in [6, 6.07) is 1.50. The van der Waals surface area contributed by atoms with Crippen molar-refractivity contribution in [2.75, 3.05) is 64.8 Å². The third kappa shape index (κ3) is 21.3. The summed E-state index contributed by atoms with van der Waals surface area (Å²) < 4.78 is 31.0. The number of hydrogen-bond acceptors (Lipinski definition) is 16. The van der Waals surface area contributed by atoms with Gasteiger partial charge >= 0.3 is 0 Å². The highest BCUT2D eigenvalue weighted by Crippen LogP contribution is 2.31. The number of unbranched alkanes of at least 4 members (excludes halogenated alkanes) is 1. The van der Waals surface area contributed by atoms with Crippen molar-refractivity contribution in [3.8, 4) is 0 Å². The van der Waals surface area contributed by atoms with Crippen LogP contribution < -0.4 is 75.9 Å². The second-order valence-electron chi connectivity index (χ2n) is 21.8. The highest BCUT2D eigenvalue weighted by atomic mass is 32.2. The zero-order valence-electron chi connectivity index (χ0n) is 49.1. The molecule has 0 bridgehead atoms. The highest BCUT2D eigenvalue weighted by molar-refractivity contribution is 7.89. The summed E-state index contributed by atoms with van der Waals surface area (Å²) in [6.45, 7) is 4.34. The number of nitrogens with two attached hydrogens (primary N) is 6. The van der Waals surface area contributed by atoms with Crippen LogP contribution in [0.3, 0.4) is 0 Å². The van der Waals surface area contributed by atoms with E-state index in [9.17, 15) is 56.7 Å². The molecule has 2 aromatic rings. The van der Waals surface area contributed by atoms with Crippen LogP contribution >= 0.6 is 0 Å². The molecular weight excluding hydrogens is 1120 g/mol. The maximum Gasteiger partial charge on any atom is 0.245 e. The topological polar surface area (TPSA) is 483 Å².